The van der Waals surface area contributed by atoms with E-state index in [0.29, 0.717) is 13.0 Å². The third-order valence-electron chi connectivity index (χ3n) is 4.03. The Bertz CT molecular complexity index is 676. The van der Waals surface area contributed by atoms with E-state index in [0.717, 1.165) is 42.2 Å². The van der Waals surface area contributed by atoms with Crippen LogP contribution in [-0.2, 0) is 16.0 Å². The van der Waals surface area contributed by atoms with Crippen molar-refractivity contribution in [3.05, 3.63) is 27.9 Å². The summed E-state index contributed by atoms with van der Waals surface area (Å²) in [5.74, 6) is 0.0621. The highest BCUT2D eigenvalue weighted by Gasteiger charge is 2.16. The number of rotatable bonds is 6. The van der Waals surface area contributed by atoms with Crippen molar-refractivity contribution in [1.82, 2.24) is 15.2 Å². The van der Waals surface area contributed by atoms with E-state index in [1.807, 2.05) is 21.7 Å². The van der Waals surface area contributed by atoms with E-state index in [9.17, 15) is 9.59 Å². The van der Waals surface area contributed by atoms with Gasteiger partial charge in [-0.2, -0.15) is 11.3 Å². The molecule has 7 heteroatoms. The minimum absolute atomic E-state index is 0.0800. The number of piperidine rings is 1. The molecule has 1 saturated heterocycles. The first kappa shape index (κ1) is 17.1. The molecule has 3 heterocycles. The molecule has 3 rings (SSSR count). The third kappa shape index (κ3) is 4.64. The molecule has 1 aliphatic rings. The Kier molecular flexibility index (Phi) is 5.98. The van der Waals surface area contributed by atoms with Gasteiger partial charge in [0, 0.05) is 42.4 Å². The van der Waals surface area contributed by atoms with Crippen LogP contribution in [0.25, 0.3) is 10.6 Å². The Balaban J connectivity index is 1.40. The summed E-state index contributed by atoms with van der Waals surface area (Å²) in [4.78, 5) is 30.4. The van der Waals surface area contributed by atoms with Crippen LogP contribution in [0, 0.1) is 0 Å². The highest BCUT2D eigenvalue weighted by Crippen LogP contribution is 2.25. The summed E-state index contributed by atoms with van der Waals surface area (Å²) in [6, 6.07) is 2.03. The molecule has 0 unspecified atom stereocenters. The first-order chi connectivity index (χ1) is 11.7. The fraction of sp³-hybridized carbons (Fsp3) is 0.471. The lowest BCUT2D eigenvalue weighted by molar-refractivity contribution is -0.132. The van der Waals surface area contributed by atoms with Gasteiger partial charge in [0.25, 0.3) is 0 Å². The number of hydrogen-bond donors (Lipinski definition) is 1. The fourth-order valence-electron chi connectivity index (χ4n) is 2.74. The lowest BCUT2D eigenvalue weighted by Crippen LogP contribution is -2.38. The van der Waals surface area contributed by atoms with Crippen LogP contribution in [0.2, 0.25) is 0 Å². The highest BCUT2D eigenvalue weighted by molar-refractivity contribution is 7.14. The minimum atomic E-state index is -0.0800. The summed E-state index contributed by atoms with van der Waals surface area (Å²) in [5.41, 5.74) is 1.88. The van der Waals surface area contributed by atoms with Crippen molar-refractivity contribution in [3.8, 4) is 10.6 Å². The van der Waals surface area contributed by atoms with Crippen molar-refractivity contribution in [3.63, 3.8) is 0 Å². The molecule has 2 aromatic heterocycles. The molecule has 2 amide bonds. The summed E-state index contributed by atoms with van der Waals surface area (Å²) >= 11 is 3.19. The van der Waals surface area contributed by atoms with Gasteiger partial charge in [-0.25, -0.2) is 4.98 Å². The third-order valence-corrected chi connectivity index (χ3v) is 5.65. The van der Waals surface area contributed by atoms with Gasteiger partial charge in [-0.1, -0.05) is 0 Å². The summed E-state index contributed by atoms with van der Waals surface area (Å²) in [5, 5.41) is 9.76. The first-order valence-corrected chi connectivity index (χ1v) is 10.1. The molecule has 2 aromatic rings. The largest absolute Gasteiger partial charge is 0.355 e. The van der Waals surface area contributed by atoms with Crippen molar-refractivity contribution in [2.45, 2.75) is 32.1 Å². The zero-order chi connectivity index (χ0) is 16.8. The zero-order valence-electron chi connectivity index (χ0n) is 13.5. The Morgan fingerprint density at radius 2 is 2.04 bits per heavy atom. The SMILES string of the molecule is O=C(Cc1csc(-c2ccsc2)n1)NCCC(=O)N1CCCCC1. The monoisotopic (exact) mass is 363 g/mol. The average Bonchev–Trinajstić information content (AvgIpc) is 3.27. The van der Waals surface area contributed by atoms with Gasteiger partial charge >= 0.3 is 0 Å². The molecular formula is C17H21N3O2S2. The van der Waals surface area contributed by atoms with Crippen LogP contribution in [0.15, 0.2) is 22.2 Å². The van der Waals surface area contributed by atoms with Crippen LogP contribution in [0.5, 0.6) is 0 Å². The molecule has 0 aromatic carbocycles. The van der Waals surface area contributed by atoms with E-state index in [-0.39, 0.29) is 18.2 Å². The van der Waals surface area contributed by atoms with Gasteiger partial charge in [-0.05, 0) is 30.7 Å². The fourth-order valence-corrected chi connectivity index (χ4v) is 4.28. The quantitative estimate of drug-likeness (QED) is 0.858. The molecule has 5 nitrogen and oxygen atoms in total. The van der Waals surface area contributed by atoms with E-state index in [1.54, 1.807) is 22.7 Å². The predicted octanol–water partition coefficient (Wildman–Crippen LogP) is 2.93. The van der Waals surface area contributed by atoms with Gasteiger partial charge in [0.05, 0.1) is 12.1 Å². The molecule has 1 fully saturated rings. The van der Waals surface area contributed by atoms with Crippen molar-refractivity contribution in [2.24, 2.45) is 0 Å². The second kappa shape index (κ2) is 8.39. The van der Waals surface area contributed by atoms with Crippen molar-refractivity contribution in [2.75, 3.05) is 19.6 Å². The number of likely N-dealkylation sites (tertiary alicyclic amines) is 1. The molecule has 0 bridgehead atoms. The Labute approximate surface area is 149 Å². The van der Waals surface area contributed by atoms with Crippen LogP contribution in [0.4, 0.5) is 0 Å². The molecule has 0 spiro atoms. The second-order valence-electron chi connectivity index (χ2n) is 5.87. The van der Waals surface area contributed by atoms with E-state index >= 15 is 0 Å². The van der Waals surface area contributed by atoms with E-state index in [1.165, 1.54) is 6.42 Å². The number of thiazole rings is 1. The summed E-state index contributed by atoms with van der Waals surface area (Å²) < 4.78 is 0. The number of hydrogen-bond acceptors (Lipinski definition) is 5. The maximum Gasteiger partial charge on any atom is 0.226 e. The lowest BCUT2D eigenvalue weighted by Gasteiger charge is -2.26. The van der Waals surface area contributed by atoms with Crippen LogP contribution in [0.1, 0.15) is 31.4 Å². The van der Waals surface area contributed by atoms with Crippen LogP contribution in [0.3, 0.4) is 0 Å². The average molecular weight is 364 g/mol. The van der Waals surface area contributed by atoms with Gasteiger partial charge < -0.3 is 10.2 Å². The highest BCUT2D eigenvalue weighted by atomic mass is 32.1. The Morgan fingerprint density at radius 3 is 2.79 bits per heavy atom. The number of carbonyl (C=O) groups excluding carboxylic acids is 2. The summed E-state index contributed by atoms with van der Waals surface area (Å²) in [7, 11) is 0. The topological polar surface area (TPSA) is 62.3 Å². The van der Waals surface area contributed by atoms with E-state index < -0.39 is 0 Å². The second-order valence-corrected chi connectivity index (χ2v) is 7.51. The van der Waals surface area contributed by atoms with Gasteiger partial charge in [-0.3, -0.25) is 9.59 Å². The van der Waals surface area contributed by atoms with Gasteiger partial charge in [-0.15, -0.1) is 11.3 Å². The maximum absolute atomic E-state index is 12.0. The number of nitrogens with one attached hydrogen (secondary N) is 1. The van der Waals surface area contributed by atoms with Gasteiger partial charge in [0.15, 0.2) is 0 Å². The normalized spacial score (nSPS) is 14.6. The van der Waals surface area contributed by atoms with Crippen molar-refractivity contribution < 1.29 is 9.59 Å². The lowest BCUT2D eigenvalue weighted by atomic mass is 10.1. The molecular weight excluding hydrogens is 342 g/mol. The number of amides is 2. The molecule has 128 valence electrons. The number of thiophene rings is 1. The molecule has 0 saturated carbocycles. The minimum Gasteiger partial charge on any atom is -0.355 e. The van der Waals surface area contributed by atoms with Crippen LogP contribution in [-0.4, -0.2) is 41.3 Å². The maximum atomic E-state index is 12.0. The van der Waals surface area contributed by atoms with Gasteiger partial charge in [0.1, 0.15) is 5.01 Å². The molecule has 24 heavy (non-hydrogen) atoms. The molecule has 1 aliphatic heterocycles. The van der Waals surface area contributed by atoms with Crippen molar-refractivity contribution >= 4 is 34.5 Å². The molecule has 0 atom stereocenters. The van der Waals surface area contributed by atoms with Gasteiger partial charge in [0.2, 0.25) is 11.8 Å². The Hall–Kier alpha value is -1.73. The standard InChI is InChI=1S/C17H21N3O2S2/c21-15(18-6-4-16(22)20-7-2-1-3-8-20)10-14-12-24-17(19-14)13-5-9-23-11-13/h5,9,11-12H,1-4,6-8,10H2,(H,18,21). The number of carbonyl (C=O) groups is 2. The van der Waals surface area contributed by atoms with Crippen LogP contribution < -0.4 is 5.32 Å². The number of aromatic nitrogens is 1. The molecule has 1 N–H and O–H groups in total. The zero-order valence-corrected chi connectivity index (χ0v) is 15.1. The molecule has 0 radical (unpaired) electrons. The smallest absolute Gasteiger partial charge is 0.226 e. The number of nitrogens with zero attached hydrogens (tertiary/aromatic N) is 2. The Morgan fingerprint density at radius 1 is 1.21 bits per heavy atom. The first-order valence-electron chi connectivity index (χ1n) is 8.24. The summed E-state index contributed by atoms with van der Waals surface area (Å²) in [6.45, 7) is 2.11. The van der Waals surface area contributed by atoms with E-state index in [2.05, 4.69) is 15.7 Å². The molecule has 0 aliphatic carbocycles. The van der Waals surface area contributed by atoms with Crippen molar-refractivity contribution in [1.29, 1.82) is 0 Å². The summed E-state index contributed by atoms with van der Waals surface area (Å²) in [6.07, 6.45) is 4.03. The van der Waals surface area contributed by atoms with Crippen LogP contribution >= 0.6 is 22.7 Å². The predicted molar refractivity (Wildman–Crippen MR) is 97.2 cm³/mol. The van der Waals surface area contributed by atoms with E-state index in [4.69, 9.17) is 0 Å².